The molecule has 0 saturated heterocycles. The van der Waals surface area contributed by atoms with Crippen LogP contribution in [0.5, 0.6) is 0 Å². The molecule has 19 heavy (non-hydrogen) atoms. The number of thiazole rings is 1. The molecule has 0 fully saturated rings. The summed E-state index contributed by atoms with van der Waals surface area (Å²) in [6.45, 7) is 2.24. The molecule has 1 N–H and O–H groups in total. The molecule has 1 aromatic carbocycles. The molecular weight excluding hydrogens is 287 g/mol. The highest BCUT2D eigenvalue weighted by atomic mass is 32.2. The Balaban J connectivity index is 2.20. The second-order valence-corrected chi connectivity index (χ2v) is 7.20. The number of hydrogen-bond acceptors (Lipinski definition) is 5. The molecule has 1 aromatic heterocycles. The van der Waals surface area contributed by atoms with Crippen molar-refractivity contribution in [2.75, 3.05) is 11.6 Å². The van der Waals surface area contributed by atoms with Crippen LogP contribution in [0, 0.1) is 12.7 Å². The van der Waals surface area contributed by atoms with E-state index in [2.05, 4.69) is 10.3 Å². The van der Waals surface area contributed by atoms with Gasteiger partial charge in [-0.2, -0.15) is 0 Å². The van der Waals surface area contributed by atoms with E-state index >= 15 is 0 Å². The molecule has 0 bridgehead atoms. The van der Waals surface area contributed by atoms with E-state index in [0.29, 0.717) is 6.54 Å². The van der Waals surface area contributed by atoms with E-state index in [1.54, 1.807) is 0 Å². The maximum atomic E-state index is 13.6. The van der Waals surface area contributed by atoms with Gasteiger partial charge in [0, 0.05) is 11.6 Å². The number of aryl methyl sites for hydroxylation is 1. The van der Waals surface area contributed by atoms with Gasteiger partial charge >= 0.3 is 0 Å². The second kappa shape index (κ2) is 5.26. The van der Waals surface area contributed by atoms with Crippen molar-refractivity contribution < 1.29 is 12.8 Å². The molecular formula is C12H13FN2O2S2. The number of nitrogens with zero attached hydrogens (tertiary/aromatic N) is 1. The lowest BCUT2D eigenvalue weighted by Gasteiger charge is -2.07. The van der Waals surface area contributed by atoms with Gasteiger partial charge in [-0.3, -0.25) is 0 Å². The molecule has 0 saturated carbocycles. The van der Waals surface area contributed by atoms with E-state index in [4.69, 9.17) is 0 Å². The van der Waals surface area contributed by atoms with Gasteiger partial charge in [-0.05, 0) is 25.1 Å². The first-order valence-electron chi connectivity index (χ1n) is 5.51. The van der Waals surface area contributed by atoms with Gasteiger partial charge in [0.05, 0.1) is 27.8 Å². The molecule has 0 aliphatic heterocycles. The molecule has 102 valence electrons. The number of anilines is 1. The molecule has 0 amide bonds. The molecule has 0 aliphatic rings. The van der Waals surface area contributed by atoms with Gasteiger partial charge in [0.1, 0.15) is 5.82 Å². The minimum absolute atomic E-state index is 0.0888. The topological polar surface area (TPSA) is 59.1 Å². The third-order valence-corrected chi connectivity index (χ3v) is 4.43. The first-order chi connectivity index (χ1) is 8.86. The van der Waals surface area contributed by atoms with Crippen LogP contribution in [0.1, 0.15) is 10.7 Å². The monoisotopic (exact) mass is 300 g/mol. The number of hydrogen-bond donors (Lipinski definition) is 1. The van der Waals surface area contributed by atoms with Gasteiger partial charge in [-0.15, -0.1) is 11.3 Å². The minimum atomic E-state index is -3.34. The summed E-state index contributed by atoms with van der Waals surface area (Å²) in [5.74, 6) is -0.487. The van der Waals surface area contributed by atoms with Crippen molar-refractivity contribution in [1.82, 2.24) is 4.98 Å². The Morgan fingerprint density at radius 2 is 2.16 bits per heavy atom. The van der Waals surface area contributed by atoms with Gasteiger partial charge in [-0.25, -0.2) is 17.8 Å². The van der Waals surface area contributed by atoms with E-state index in [1.165, 1.54) is 23.5 Å². The normalized spacial score (nSPS) is 11.5. The number of nitrogens with one attached hydrogen (secondary N) is 1. The first-order valence-corrected chi connectivity index (χ1v) is 8.28. The SMILES string of the molecule is Cc1nc(CNc2cc(S(C)(=O)=O)ccc2F)cs1. The Labute approximate surface area is 115 Å². The number of rotatable bonds is 4. The zero-order chi connectivity index (χ0) is 14.0. The standard InChI is InChI=1S/C12H13FN2O2S2/c1-8-15-9(7-18-8)6-14-12-5-10(19(2,16)17)3-4-11(12)13/h3-5,7,14H,6H2,1-2H3. The van der Waals surface area contributed by atoms with Crippen LogP contribution in [0.3, 0.4) is 0 Å². The van der Waals surface area contributed by atoms with Gasteiger partial charge in [0.15, 0.2) is 9.84 Å². The summed E-state index contributed by atoms with van der Waals surface area (Å²) < 4.78 is 36.4. The van der Waals surface area contributed by atoms with Crippen molar-refractivity contribution in [1.29, 1.82) is 0 Å². The van der Waals surface area contributed by atoms with E-state index in [-0.39, 0.29) is 10.6 Å². The van der Waals surface area contributed by atoms with E-state index in [0.717, 1.165) is 23.0 Å². The van der Waals surface area contributed by atoms with Crippen molar-refractivity contribution in [2.45, 2.75) is 18.4 Å². The maximum Gasteiger partial charge on any atom is 0.175 e. The predicted molar refractivity (Wildman–Crippen MR) is 73.7 cm³/mol. The molecule has 2 rings (SSSR count). The third kappa shape index (κ3) is 3.51. The lowest BCUT2D eigenvalue weighted by molar-refractivity contribution is 0.600. The van der Waals surface area contributed by atoms with Crippen molar-refractivity contribution in [2.24, 2.45) is 0 Å². The van der Waals surface area contributed by atoms with Crippen LogP contribution < -0.4 is 5.32 Å². The summed E-state index contributed by atoms with van der Waals surface area (Å²) in [6.07, 6.45) is 1.09. The average Bonchev–Trinajstić information content (AvgIpc) is 2.72. The molecule has 4 nitrogen and oxygen atoms in total. The second-order valence-electron chi connectivity index (χ2n) is 4.13. The van der Waals surface area contributed by atoms with Crippen LogP contribution in [0.4, 0.5) is 10.1 Å². The lowest BCUT2D eigenvalue weighted by Crippen LogP contribution is -2.04. The van der Waals surface area contributed by atoms with Gasteiger partial charge < -0.3 is 5.32 Å². The first kappa shape index (κ1) is 14.0. The molecule has 0 atom stereocenters. The highest BCUT2D eigenvalue weighted by Gasteiger charge is 2.11. The molecule has 2 aromatic rings. The van der Waals surface area contributed by atoms with Crippen LogP contribution in [0.15, 0.2) is 28.5 Å². The fraction of sp³-hybridized carbons (Fsp3) is 0.250. The number of halogens is 1. The Morgan fingerprint density at radius 1 is 1.42 bits per heavy atom. The number of benzene rings is 1. The van der Waals surface area contributed by atoms with Crippen molar-refractivity contribution >= 4 is 26.9 Å². The summed E-state index contributed by atoms with van der Waals surface area (Å²) >= 11 is 1.51. The summed E-state index contributed by atoms with van der Waals surface area (Å²) in [4.78, 5) is 4.33. The lowest BCUT2D eigenvalue weighted by atomic mass is 10.3. The molecule has 1 heterocycles. The summed E-state index contributed by atoms with van der Waals surface area (Å²) in [5.41, 5.74) is 0.959. The number of aromatic nitrogens is 1. The fourth-order valence-corrected chi connectivity index (χ4v) is 2.81. The molecule has 0 unspecified atom stereocenters. The molecule has 0 radical (unpaired) electrons. The summed E-state index contributed by atoms with van der Waals surface area (Å²) in [5, 5.41) is 5.67. The van der Waals surface area contributed by atoms with Crippen LogP contribution in [0.2, 0.25) is 0 Å². The maximum absolute atomic E-state index is 13.6. The molecule has 7 heteroatoms. The van der Waals surface area contributed by atoms with Crippen LogP contribution in [-0.4, -0.2) is 19.7 Å². The minimum Gasteiger partial charge on any atom is -0.377 e. The van der Waals surface area contributed by atoms with E-state index in [9.17, 15) is 12.8 Å². The fourth-order valence-electron chi connectivity index (χ4n) is 1.55. The quantitative estimate of drug-likeness (QED) is 0.882. The van der Waals surface area contributed by atoms with E-state index < -0.39 is 15.7 Å². The Hall–Kier alpha value is -1.47. The van der Waals surface area contributed by atoms with E-state index in [1.807, 2.05) is 12.3 Å². The predicted octanol–water partition coefficient (Wildman–Crippen LogP) is 2.61. The zero-order valence-corrected chi connectivity index (χ0v) is 12.1. The van der Waals surface area contributed by atoms with Gasteiger partial charge in [0.2, 0.25) is 0 Å². The Morgan fingerprint density at radius 3 is 2.74 bits per heavy atom. The highest BCUT2D eigenvalue weighted by Crippen LogP contribution is 2.20. The van der Waals surface area contributed by atoms with Gasteiger partial charge in [-0.1, -0.05) is 0 Å². The van der Waals surface area contributed by atoms with Crippen molar-refractivity contribution in [3.8, 4) is 0 Å². The van der Waals surface area contributed by atoms with Crippen molar-refractivity contribution in [3.63, 3.8) is 0 Å². The number of sulfone groups is 1. The zero-order valence-electron chi connectivity index (χ0n) is 10.5. The summed E-state index contributed by atoms with van der Waals surface area (Å²) in [6, 6.07) is 3.69. The van der Waals surface area contributed by atoms with Gasteiger partial charge in [0.25, 0.3) is 0 Å². The Bertz CT molecular complexity index is 696. The molecule has 0 aliphatic carbocycles. The summed E-state index contributed by atoms with van der Waals surface area (Å²) in [7, 11) is -3.34. The third-order valence-electron chi connectivity index (χ3n) is 2.49. The molecule has 0 spiro atoms. The average molecular weight is 300 g/mol. The van der Waals surface area contributed by atoms with Crippen molar-refractivity contribution in [3.05, 3.63) is 40.1 Å². The van der Waals surface area contributed by atoms with Crippen LogP contribution in [-0.2, 0) is 16.4 Å². The van der Waals surface area contributed by atoms with Crippen LogP contribution in [0.25, 0.3) is 0 Å². The smallest absolute Gasteiger partial charge is 0.175 e. The largest absolute Gasteiger partial charge is 0.377 e. The van der Waals surface area contributed by atoms with Crippen LogP contribution >= 0.6 is 11.3 Å². The Kier molecular flexibility index (Phi) is 3.86. The highest BCUT2D eigenvalue weighted by molar-refractivity contribution is 7.90.